The van der Waals surface area contributed by atoms with Crippen LogP contribution in [0.2, 0.25) is 0 Å². The molecule has 0 aliphatic carbocycles. The van der Waals surface area contributed by atoms with Crippen LogP contribution in [0.5, 0.6) is 0 Å². The molecule has 0 bridgehead atoms. The molecular formula is C14H20ClN3O2. The van der Waals surface area contributed by atoms with Gasteiger partial charge in [-0.05, 0) is 43.1 Å². The van der Waals surface area contributed by atoms with E-state index < -0.39 is 5.91 Å². The normalized spacial score (nSPS) is 17.3. The van der Waals surface area contributed by atoms with Crippen molar-refractivity contribution < 1.29 is 9.59 Å². The molecule has 110 valence electrons. The predicted octanol–water partition coefficient (Wildman–Crippen LogP) is 0.823. The molecule has 1 aliphatic rings. The number of benzene rings is 1. The number of rotatable bonds is 5. The van der Waals surface area contributed by atoms with Gasteiger partial charge in [0.25, 0.3) is 0 Å². The van der Waals surface area contributed by atoms with Crippen molar-refractivity contribution in [3.05, 3.63) is 35.4 Å². The molecule has 0 aromatic heterocycles. The van der Waals surface area contributed by atoms with E-state index in [1.165, 1.54) is 0 Å². The second kappa shape index (κ2) is 7.87. The summed E-state index contributed by atoms with van der Waals surface area (Å²) in [5.41, 5.74) is 6.56. The fourth-order valence-corrected chi connectivity index (χ4v) is 2.26. The van der Waals surface area contributed by atoms with Crippen molar-refractivity contribution in [1.29, 1.82) is 0 Å². The van der Waals surface area contributed by atoms with Crippen molar-refractivity contribution in [2.75, 3.05) is 13.1 Å². The number of primary amides is 1. The highest BCUT2D eigenvalue weighted by Crippen LogP contribution is 2.12. The zero-order valence-electron chi connectivity index (χ0n) is 11.2. The van der Waals surface area contributed by atoms with Crippen LogP contribution in [0, 0.1) is 5.92 Å². The summed E-state index contributed by atoms with van der Waals surface area (Å²) in [6.07, 6.45) is 1.62. The minimum Gasteiger partial charge on any atom is -0.366 e. The molecule has 0 saturated carbocycles. The molecule has 5 nitrogen and oxygen atoms in total. The number of carbonyl (C=O) groups is 2. The molecule has 1 fully saturated rings. The van der Waals surface area contributed by atoms with Crippen LogP contribution in [-0.2, 0) is 11.3 Å². The summed E-state index contributed by atoms with van der Waals surface area (Å²) in [5.74, 6) is 0.0420. The van der Waals surface area contributed by atoms with E-state index >= 15 is 0 Å². The van der Waals surface area contributed by atoms with Crippen LogP contribution < -0.4 is 16.4 Å². The van der Waals surface area contributed by atoms with Gasteiger partial charge in [0.15, 0.2) is 0 Å². The van der Waals surface area contributed by atoms with Crippen LogP contribution in [0.4, 0.5) is 0 Å². The Morgan fingerprint density at radius 3 is 2.85 bits per heavy atom. The van der Waals surface area contributed by atoms with Gasteiger partial charge in [-0.3, -0.25) is 9.59 Å². The lowest BCUT2D eigenvalue weighted by molar-refractivity contribution is -0.122. The summed E-state index contributed by atoms with van der Waals surface area (Å²) in [4.78, 5) is 22.8. The third kappa shape index (κ3) is 4.83. The van der Waals surface area contributed by atoms with Crippen LogP contribution in [0.3, 0.4) is 0 Å². The Kier molecular flexibility index (Phi) is 6.48. The molecule has 0 radical (unpaired) electrons. The van der Waals surface area contributed by atoms with Gasteiger partial charge in [0, 0.05) is 18.5 Å². The molecule has 4 N–H and O–H groups in total. The SMILES string of the molecule is Cl.NC(=O)c1cccc(CNC(=O)CC2CCNC2)c1. The molecule has 2 amide bonds. The maximum absolute atomic E-state index is 11.8. The van der Waals surface area contributed by atoms with Crippen molar-refractivity contribution in [1.82, 2.24) is 10.6 Å². The predicted molar refractivity (Wildman–Crippen MR) is 79.6 cm³/mol. The van der Waals surface area contributed by atoms with E-state index in [1.807, 2.05) is 6.07 Å². The van der Waals surface area contributed by atoms with Crippen molar-refractivity contribution in [3.63, 3.8) is 0 Å². The van der Waals surface area contributed by atoms with Gasteiger partial charge in [0.1, 0.15) is 0 Å². The summed E-state index contributed by atoms with van der Waals surface area (Å²) in [6.45, 7) is 2.35. The van der Waals surface area contributed by atoms with Crippen molar-refractivity contribution >= 4 is 24.2 Å². The molecule has 1 aliphatic heterocycles. The van der Waals surface area contributed by atoms with Crippen molar-refractivity contribution in [3.8, 4) is 0 Å². The van der Waals surface area contributed by atoms with Crippen LogP contribution >= 0.6 is 12.4 Å². The van der Waals surface area contributed by atoms with E-state index in [0.29, 0.717) is 24.4 Å². The summed E-state index contributed by atoms with van der Waals surface area (Å²) >= 11 is 0. The van der Waals surface area contributed by atoms with Gasteiger partial charge >= 0.3 is 0 Å². The van der Waals surface area contributed by atoms with Crippen LogP contribution in [0.15, 0.2) is 24.3 Å². The number of carbonyl (C=O) groups excluding carboxylic acids is 2. The van der Waals surface area contributed by atoms with Gasteiger partial charge in [0.05, 0.1) is 0 Å². The summed E-state index contributed by atoms with van der Waals surface area (Å²) < 4.78 is 0. The first-order valence-corrected chi connectivity index (χ1v) is 6.51. The van der Waals surface area contributed by atoms with Gasteiger partial charge in [-0.2, -0.15) is 0 Å². The highest BCUT2D eigenvalue weighted by molar-refractivity contribution is 5.92. The summed E-state index contributed by atoms with van der Waals surface area (Å²) in [5, 5.41) is 6.11. The molecule has 0 spiro atoms. The number of amides is 2. The van der Waals surface area contributed by atoms with E-state index in [1.54, 1.807) is 18.2 Å². The summed E-state index contributed by atoms with van der Waals surface area (Å²) in [6, 6.07) is 7.00. The largest absolute Gasteiger partial charge is 0.366 e. The average molecular weight is 298 g/mol. The van der Waals surface area contributed by atoms with Crippen molar-refractivity contribution in [2.45, 2.75) is 19.4 Å². The van der Waals surface area contributed by atoms with Gasteiger partial charge in [0.2, 0.25) is 11.8 Å². The number of halogens is 1. The first-order chi connectivity index (χ1) is 9.15. The quantitative estimate of drug-likeness (QED) is 0.752. The Bertz CT molecular complexity index is 473. The molecule has 1 unspecified atom stereocenters. The van der Waals surface area contributed by atoms with Crippen LogP contribution in [-0.4, -0.2) is 24.9 Å². The minimum atomic E-state index is -0.454. The molecule has 1 aromatic carbocycles. The molecule has 20 heavy (non-hydrogen) atoms. The standard InChI is InChI=1S/C14H19N3O2.ClH/c15-14(19)12-3-1-2-10(6-12)9-17-13(18)7-11-4-5-16-8-11;/h1-3,6,11,16H,4-5,7-9H2,(H2,15,19)(H,17,18);1H. The topological polar surface area (TPSA) is 84.2 Å². The number of hydrogen-bond donors (Lipinski definition) is 3. The maximum Gasteiger partial charge on any atom is 0.248 e. The van der Waals surface area contributed by atoms with E-state index in [2.05, 4.69) is 10.6 Å². The third-order valence-electron chi connectivity index (χ3n) is 3.34. The highest BCUT2D eigenvalue weighted by Gasteiger charge is 2.17. The lowest BCUT2D eigenvalue weighted by Gasteiger charge is -2.09. The van der Waals surface area contributed by atoms with Crippen LogP contribution in [0.25, 0.3) is 0 Å². The second-order valence-corrected chi connectivity index (χ2v) is 4.90. The molecule has 2 rings (SSSR count). The number of hydrogen-bond acceptors (Lipinski definition) is 3. The lowest BCUT2D eigenvalue weighted by atomic mass is 10.0. The Balaban J connectivity index is 0.00000200. The Hall–Kier alpha value is -1.59. The molecule has 1 atom stereocenters. The Morgan fingerprint density at radius 2 is 2.20 bits per heavy atom. The fraction of sp³-hybridized carbons (Fsp3) is 0.429. The molecule has 1 aromatic rings. The number of nitrogens with one attached hydrogen (secondary N) is 2. The van der Waals surface area contributed by atoms with Gasteiger partial charge in [-0.25, -0.2) is 0 Å². The highest BCUT2D eigenvalue weighted by atomic mass is 35.5. The first-order valence-electron chi connectivity index (χ1n) is 6.51. The summed E-state index contributed by atoms with van der Waals surface area (Å²) in [7, 11) is 0. The van der Waals surface area contributed by atoms with Crippen LogP contribution in [0.1, 0.15) is 28.8 Å². The Morgan fingerprint density at radius 1 is 1.40 bits per heavy atom. The van der Waals surface area contributed by atoms with E-state index in [4.69, 9.17) is 5.73 Å². The fourth-order valence-electron chi connectivity index (χ4n) is 2.26. The number of nitrogens with two attached hydrogens (primary N) is 1. The lowest BCUT2D eigenvalue weighted by Crippen LogP contribution is -2.26. The van der Waals surface area contributed by atoms with Crippen molar-refractivity contribution in [2.24, 2.45) is 11.7 Å². The minimum absolute atomic E-state index is 0. The molecule has 1 saturated heterocycles. The zero-order chi connectivity index (χ0) is 13.7. The monoisotopic (exact) mass is 297 g/mol. The first kappa shape index (κ1) is 16.5. The van der Waals surface area contributed by atoms with Gasteiger partial charge in [-0.15, -0.1) is 12.4 Å². The van der Waals surface area contributed by atoms with E-state index in [0.717, 1.165) is 25.1 Å². The average Bonchev–Trinajstić information content (AvgIpc) is 2.89. The van der Waals surface area contributed by atoms with E-state index in [9.17, 15) is 9.59 Å². The smallest absolute Gasteiger partial charge is 0.248 e. The third-order valence-corrected chi connectivity index (χ3v) is 3.34. The van der Waals surface area contributed by atoms with Gasteiger partial charge < -0.3 is 16.4 Å². The van der Waals surface area contributed by atoms with E-state index in [-0.39, 0.29) is 18.3 Å². The van der Waals surface area contributed by atoms with Gasteiger partial charge in [-0.1, -0.05) is 12.1 Å². The molecule has 1 heterocycles. The Labute approximate surface area is 124 Å². The molecule has 6 heteroatoms. The second-order valence-electron chi connectivity index (χ2n) is 4.90. The zero-order valence-corrected chi connectivity index (χ0v) is 12.0. The molecular weight excluding hydrogens is 278 g/mol. The maximum atomic E-state index is 11.8.